The number of thiophene rings is 1. The van der Waals surface area contributed by atoms with Crippen molar-refractivity contribution in [1.29, 1.82) is 0 Å². The fraction of sp³-hybridized carbons (Fsp3) is 0.556. The third-order valence-corrected chi connectivity index (χ3v) is 3.61. The SMILES string of the molecule is CCCNCc1sc(C)cc1Br. The van der Waals surface area contributed by atoms with Crippen molar-refractivity contribution in [3.05, 3.63) is 20.3 Å². The summed E-state index contributed by atoms with van der Waals surface area (Å²) in [6.45, 7) is 6.41. The Hall–Kier alpha value is 0.140. The first-order valence-electron chi connectivity index (χ1n) is 4.19. The lowest BCUT2D eigenvalue weighted by molar-refractivity contribution is 0.680. The van der Waals surface area contributed by atoms with E-state index in [2.05, 4.69) is 41.2 Å². The fourth-order valence-corrected chi connectivity index (χ4v) is 2.80. The average Bonchev–Trinajstić information content (AvgIpc) is 2.31. The van der Waals surface area contributed by atoms with Crippen LogP contribution in [0.4, 0.5) is 0 Å². The second kappa shape index (κ2) is 5.00. The molecule has 3 heteroatoms. The average molecular weight is 248 g/mol. The minimum atomic E-state index is 0.993. The van der Waals surface area contributed by atoms with Crippen LogP contribution in [0.25, 0.3) is 0 Å². The van der Waals surface area contributed by atoms with Crippen LogP contribution in [0.15, 0.2) is 10.5 Å². The van der Waals surface area contributed by atoms with Gasteiger partial charge in [0.05, 0.1) is 0 Å². The first-order chi connectivity index (χ1) is 5.74. The maximum Gasteiger partial charge on any atom is 0.0330 e. The van der Waals surface area contributed by atoms with E-state index in [1.54, 1.807) is 0 Å². The summed E-state index contributed by atoms with van der Waals surface area (Å²) >= 11 is 5.40. The van der Waals surface area contributed by atoms with Crippen LogP contribution < -0.4 is 5.32 Å². The number of nitrogens with one attached hydrogen (secondary N) is 1. The fourth-order valence-electron chi connectivity index (χ4n) is 1.03. The largest absolute Gasteiger partial charge is 0.312 e. The van der Waals surface area contributed by atoms with Gasteiger partial charge in [-0.2, -0.15) is 0 Å². The van der Waals surface area contributed by atoms with Gasteiger partial charge >= 0.3 is 0 Å². The Morgan fingerprint density at radius 3 is 2.83 bits per heavy atom. The number of hydrogen-bond acceptors (Lipinski definition) is 2. The summed E-state index contributed by atoms with van der Waals surface area (Å²) in [5.74, 6) is 0. The van der Waals surface area contributed by atoms with Crippen molar-refractivity contribution in [2.75, 3.05) is 6.54 Å². The van der Waals surface area contributed by atoms with E-state index >= 15 is 0 Å². The maximum atomic E-state index is 3.54. The third kappa shape index (κ3) is 2.88. The van der Waals surface area contributed by atoms with Gasteiger partial charge in [-0.3, -0.25) is 0 Å². The molecule has 0 radical (unpaired) electrons. The lowest BCUT2D eigenvalue weighted by Crippen LogP contribution is -2.12. The van der Waals surface area contributed by atoms with Crippen LogP contribution in [0.1, 0.15) is 23.1 Å². The molecule has 0 aromatic carbocycles. The third-order valence-electron chi connectivity index (χ3n) is 1.59. The standard InChI is InChI=1S/C9H14BrNS/c1-3-4-11-6-9-8(10)5-7(2)12-9/h5,11H,3-4,6H2,1-2H3. The molecule has 0 saturated carbocycles. The minimum Gasteiger partial charge on any atom is -0.312 e. The molecule has 0 fully saturated rings. The Morgan fingerprint density at radius 1 is 1.58 bits per heavy atom. The highest BCUT2D eigenvalue weighted by atomic mass is 79.9. The molecule has 0 atom stereocenters. The molecule has 1 N–H and O–H groups in total. The smallest absolute Gasteiger partial charge is 0.0330 e. The lowest BCUT2D eigenvalue weighted by Gasteiger charge is -1.99. The van der Waals surface area contributed by atoms with Crippen LogP contribution in [0.2, 0.25) is 0 Å². The zero-order valence-corrected chi connectivity index (χ0v) is 9.89. The molecular formula is C9H14BrNS. The molecule has 12 heavy (non-hydrogen) atoms. The van der Waals surface area contributed by atoms with Gasteiger partial charge in [0.2, 0.25) is 0 Å². The van der Waals surface area contributed by atoms with Crippen molar-refractivity contribution < 1.29 is 0 Å². The first-order valence-corrected chi connectivity index (χ1v) is 5.80. The van der Waals surface area contributed by atoms with Crippen LogP contribution in [0, 0.1) is 6.92 Å². The molecule has 1 heterocycles. The van der Waals surface area contributed by atoms with Crippen LogP contribution >= 0.6 is 27.3 Å². The summed E-state index contributed by atoms with van der Waals surface area (Å²) in [5, 5.41) is 3.39. The highest BCUT2D eigenvalue weighted by molar-refractivity contribution is 9.10. The van der Waals surface area contributed by atoms with E-state index in [4.69, 9.17) is 0 Å². The quantitative estimate of drug-likeness (QED) is 0.806. The Kier molecular flexibility index (Phi) is 4.26. The number of aryl methyl sites for hydroxylation is 1. The molecule has 68 valence electrons. The van der Waals surface area contributed by atoms with E-state index < -0.39 is 0 Å². The summed E-state index contributed by atoms with van der Waals surface area (Å²) in [7, 11) is 0. The van der Waals surface area contributed by atoms with Gasteiger partial charge in [0, 0.05) is 20.8 Å². The molecule has 0 unspecified atom stereocenters. The second-order valence-electron chi connectivity index (χ2n) is 2.80. The van der Waals surface area contributed by atoms with Gasteiger partial charge in [-0.1, -0.05) is 6.92 Å². The Balaban J connectivity index is 2.45. The van der Waals surface area contributed by atoms with Crippen LogP contribution in [-0.4, -0.2) is 6.54 Å². The van der Waals surface area contributed by atoms with Crippen LogP contribution in [-0.2, 0) is 6.54 Å². The van der Waals surface area contributed by atoms with Crippen LogP contribution in [0.3, 0.4) is 0 Å². The lowest BCUT2D eigenvalue weighted by atomic mass is 10.4. The van der Waals surface area contributed by atoms with E-state index in [-0.39, 0.29) is 0 Å². The number of rotatable bonds is 4. The van der Waals surface area contributed by atoms with Gasteiger partial charge in [0.25, 0.3) is 0 Å². The molecule has 0 aliphatic rings. The second-order valence-corrected chi connectivity index (χ2v) is 5.00. The molecule has 0 saturated heterocycles. The number of halogens is 1. The monoisotopic (exact) mass is 247 g/mol. The van der Waals surface area contributed by atoms with Gasteiger partial charge in [-0.05, 0) is 41.9 Å². The number of hydrogen-bond donors (Lipinski definition) is 1. The van der Waals surface area contributed by atoms with Crippen molar-refractivity contribution in [3.8, 4) is 0 Å². The Morgan fingerprint density at radius 2 is 2.33 bits per heavy atom. The normalized spacial score (nSPS) is 10.6. The summed E-state index contributed by atoms with van der Waals surface area (Å²) in [6.07, 6.45) is 1.20. The summed E-state index contributed by atoms with van der Waals surface area (Å²) < 4.78 is 1.24. The summed E-state index contributed by atoms with van der Waals surface area (Å²) in [4.78, 5) is 2.77. The van der Waals surface area contributed by atoms with Gasteiger partial charge < -0.3 is 5.32 Å². The van der Waals surface area contributed by atoms with Crippen molar-refractivity contribution in [3.63, 3.8) is 0 Å². The van der Waals surface area contributed by atoms with Crippen LogP contribution in [0.5, 0.6) is 0 Å². The topological polar surface area (TPSA) is 12.0 Å². The molecule has 0 aliphatic heterocycles. The molecule has 1 aromatic heterocycles. The Labute approximate surface area is 86.3 Å². The van der Waals surface area contributed by atoms with Gasteiger partial charge in [0.1, 0.15) is 0 Å². The van der Waals surface area contributed by atoms with Gasteiger partial charge in [-0.15, -0.1) is 11.3 Å². The molecule has 1 nitrogen and oxygen atoms in total. The predicted octanol–water partition coefficient (Wildman–Crippen LogP) is 3.32. The molecule has 1 aromatic rings. The predicted molar refractivity (Wildman–Crippen MR) is 58.8 cm³/mol. The Bertz CT molecular complexity index is 245. The molecule has 1 rings (SSSR count). The molecule has 0 aliphatic carbocycles. The molecule has 0 amide bonds. The minimum absolute atomic E-state index is 0.993. The summed E-state index contributed by atoms with van der Waals surface area (Å²) in [5.41, 5.74) is 0. The van der Waals surface area contributed by atoms with Gasteiger partial charge in [0.15, 0.2) is 0 Å². The van der Waals surface area contributed by atoms with E-state index in [9.17, 15) is 0 Å². The van der Waals surface area contributed by atoms with Crippen molar-refractivity contribution >= 4 is 27.3 Å². The molecule has 0 bridgehead atoms. The van der Waals surface area contributed by atoms with E-state index in [0.29, 0.717) is 0 Å². The van der Waals surface area contributed by atoms with Gasteiger partial charge in [-0.25, -0.2) is 0 Å². The van der Waals surface area contributed by atoms with Crippen molar-refractivity contribution in [2.45, 2.75) is 26.8 Å². The van der Waals surface area contributed by atoms with Crippen molar-refractivity contribution in [2.24, 2.45) is 0 Å². The molecular weight excluding hydrogens is 234 g/mol. The highest BCUT2D eigenvalue weighted by Gasteiger charge is 2.02. The highest BCUT2D eigenvalue weighted by Crippen LogP contribution is 2.26. The zero-order chi connectivity index (χ0) is 8.97. The van der Waals surface area contributed by atoms with Crippen molar-refractivity contribution in [1.82, 2.24) is 5.32 Å². The van der Waals surface area contributed by atoms with E-state index in [0.717, 1.165) is 13.1 Å². The molecule has 0 spiro atoms. The first kappa shape index (κ1) is 10.2. The summed E-state index contributed by atoms with van der Waals surface area (Å²) in [6, 6.07) is 2.17. The maximum absolute atomic E-state index is 3.54. The van der Waals surface area contributed by atoms with E-state index in [1.165, 1.54) is 20.6 Å². The zero-order valence-electron chi connectivity index (χ0n) is 7.48. The van der Waals surface area contributed by atoms with E-state index in [1.807, 2.05) is 11.3 Å².